The monoisotopic (exact) mass is 394 g/mol. The number of carbonyl (C=O) groups is 4. The average molecular weight is 395 g/mol. The van der Waals surface area contributed by atoms with Gasteiger partial charge in [-0.1, -0.05) is 17.7 Å². The van der Waals surface area contributed by atoms with E-state index in [0.717, 1.165) is 0 Å². The number of hydrogen-bond donors (Lipinski definition) is 4. The number of rotatable bonds is 4. The first-order valence-corrected chi connectivity index (χ1v) is 7.68. The van der Waals surface area contributed by atoms with E-state index in [-0.39, 0.29) is 38.4 Å². The van der Waals surface area contributed by atoms with Crippen molar-refractivity contribution in [3.63, 3.8) is 0 Å². The van der Waals surface area contributed by atoms with Gasteiger partial charge in [0.2, 0.25) is 0 Å². The quantitative estimate of drug-likeness (QED) is 0.616. The van der Waals surface area contributed by atoms with Crippen molar-refractivity contribution in [1.82, 2.24) is 0 Å². The molecule has 9 heteroatoms. The lowest BCUT2D eigenvalue weighted by molar-refractivity contribution is 0.0674. The molecule has 2 aromatic rings. The molecule has 0 heterocycles. The van der Waals surface area contributed by atoms with Crippen LogP contribution in [0.4, 0.5) is 0 Å². The van der Waals surface area contributed by atoms with Gasteiger partial charge in [0, 0.05) is 5.02 Å². The average Bonchev–Trinajstić information content (AvgIpc) is 2.56. The van der Waals surface area contributed by atoms with E-state index in [0.29, 0.717) is 0 Å². The fourth-order valence-corrected chi connectivity index (χ4v) is 2.44. The SMILES string of the molecule is Cc1c(C(=O)O)cc(Cl)cc1C(=O)O.Cc1c(C(=O)O)cccc1C(=O)O. The van der Waals surface area contributed by atoms with Crippen molar-refractivity contribution in [2.24, 2.45) is 0 Å². The van der Waals surface area contributed by atoms with E-state index in [1.807, 2.05) is 0 Å². The maximum absolute atomic E-state index is 10.7. The minimum absolute atomic E-state index is 0.0277. The lowest BCUT2D eigenvalue weighted by Crippen LogP contribution is -2.07. The molecule has 0 saturated heterocycles. The molecule has 0 saturated carbocycles. The molecule has 8 nitrogen and oxygen atoms in total. The van der Waals surface area contributed by atoms with Crippen LogP contribution in [0.25, 0.3) is 0 Å². The minimum atomic E-state index is -1.19. The summed E-state index contributed by atoms with van der Waals surface area (Å²) >= 11 is 5.58. The second kappa shape index (κ2) is 8.81. The van der Waals surface area contributed by atoms with Crippen molar-refractivity contribution in [3.8, 4) is 0 Å². The summed E-state index contributed by atoms with van der Waals surface area (Å²) in [5.74, 6) is -4.60. The smallest absolute Gasteiger partial charge is 0.336 e. The van der Waals surface area contributed by atoms with Gasteiger partial charge in [-0.25, -0.2) is 19.2 Å². The van der Waals surface area contributed by atoms with E-state index < -0.39 is 23.9 Å². The molecule has 0 bridgehead atoms. The van der Waals surface area contributed by atoms with Crippen molar-refractivity contribution in [1.29, 1.82) is 0 Å². The highest BCUT2D eigenvalue weighted by Crippen LogP contribution is 2.20. The zero-order chi connectivity index (χ0) is 20.9. The van der Waals surface area contributed by atoms with E-state index in [1.54, 1.807) is 0 Å². The molecule has 0 unspecified atom stereocenters. The van der Waals surface area contributed by atoms with Crippen LogP contribution in [0, 0.1) is 13.8 Å². The topological polar surface area (TPSA) is 149 Å². The summed E-state index contributed by atoms with van der Waals surface area (Å²) in [6, 6.07) is 6.63. The first kappa shape index (κ1) is 21.7. The molecule has 0 amide bonds. The second-order valence-electron chi connectivity index (χ2n) is 5.32. The molecule has 142 valence electrons. The lowest BCUT2D eigenvalue weighted by atomic mass is 10.0. The van der Waals surface area contributed by atoms with Gasteiger partial charge in [0.1, 0.15) is 0 Å². The first-order valence-electron chi connectivity index (χ1n) is 7.30. The number of halogens is 1. The van der Waals surface area contributed by atoms with Crippen LogP contribution in [-0.4, -0.2) is 44.3 Å². The summed E-state index contributed by atoms with van der Waals surface area (Å²) in [5, 5.41) is 34.9. The predicted octanol–water partition coefficient (Wildman–Crippen LogP) is 3.44. The zero-order valence-electron chi connectivity index (χ0n) is 14.2. The molecule has 0 spiro atoms. The number of carboxylic acids is 4. The highest BCUT2D eigenvalue weighted by Gasteiger charge is 2.16. The van der Waals surface area contributed by atoms with Crippen molar-refractivity contribution in [2.75, 3.05) is 0 Å². The van der Waals surface area contributed by atoms with Gasteiger partial charge in [-0.2, -0.15) is 0 Å². The van der Waals surface area contributed by atoms with Gasteiger partial charge in [0.25, 0.3) is 0 Å². The Balaban J connectivity index is 0.000000271. The summed E-state index contributed by atoms with van der Waals surface area (Å²) in [5.41, 5.74) is 0.363. The van der Waals surface area contributed by atoms with Crippen LogP contribution in [-0.2, 0) is 0 Å². The first-order chi connectivity index (χ1) is 12.5. The number of hydrogen-bond acceptors (Lipinski definition) is 4. The van der Waals surface area contributed by atoms with Crippen LogP contribution < -0.4 is 0 Å². The molecule has 0 aliphatic carbocycles. The summed E-state index contributed by atoms with van der Waals surface area (Å²) in [6.45, 7) is 2.91. The third-order valence-corrected chi connectivity index (χ3v) is 3.85. The van der Waals surface area contributed by atoms with E-state index in [1.165, 1.54) is 44.2 Å². The Hall–Kier alpha value is -3.39. The Morgan fingerprint density at radius 3 is 1.26 bits per heavy atom. The molecule has 2 rings (SSSR count). The second-order valence-corrected chi connectivity index (χ2v) is 5.76. The van der Waals surface area contributed by atoms with Crippen molar-refractivity contribution in [3.05, 3.63) is 68.7 Å². The lowest BCUT2D eigenvalue weighted by Gasteiger charge is -2.05. The van der Waals surface area contributed by atoms with Gasteiger partial charge in [-0.05, 0) is 49.2 Å². The van der Waals surface area contributed by atoms with Crippen LogP contribution in [0.3, 0.4) is 0 Å². The maximum Gasteiger partial charge on any atom is 0.336 e. The van der Waals surface area contributed by atoms with Crippen LogP contribution in [0.1, 0.15) is 52.6 Å². The maximum atomic E-state index is 10.7. The van der Waals surface area contributed by atoms with E-state index >= 15 is 0 Å². The van der Waals surface area contributed by atoms with E-state index in [9.17, 15) is 19.2 Å². The molecular weight excluding hydrogens is 380 g/mol. The fourth-order valence-electron chi connectivity index (χ4n) is 2.22. The molecule has 4 N–H and O–H groups in total. The normalized spacial score (nSPS) is 9.74. The van der Waals surface area contributed by atoms with Crippen molar-refractivity contribution >= 4 is 35.5 Å². The van der Waals surface area contributed by atoms with E-state index in [2.05, 4.69) is 0 Å². The Morgan fingerprint density at radius 2 is 0.963 bits per heavy atom. The molecule has 2 aromatic carbocycles. The summed E-state index contributed by atoms with van der Waals surface area (Å²) in [7, 11) is 0. The highest BCUT2D eigenvalue weighted by atomic mass is 35.5. The number of carboxylic acid groups (broad SMARTS) is 4. The molecule has 0 aliphatic rings. The van der Waals surface area contributed by atoms with Crippen LogP contribution in [0.2, 0.25) is 5.02 Å². The molecule has 0 fully saturated rings. The van der Waals surface area contributed by atoms with Crippen molar-refractivity contribution < 1.29 is 39.6 Å². The van der Waals surface area contributed by atoms with Crippen LogP contribution in [0.5, 0.6) is 0 Å². The summed E-state index contributed by atoms with van der Waals surface area (Å²) in [6.07, 6.45) is 0. The van der Waals surface area contributed by atoms with Crippen LogP contribution in [0.15, 0.2) is 30.3 Å². The van der Waals surface area contributed by atoms with Crippen molar-refractivity contribution in [2.45, 2.75) is 13.8 Å². The third kappa shape index (κ3) is 5.29. The van der Waals surface area contributed by atoms with Gasteiger partial charge in [0.05, 0.1) is 22.3 Å². The third-order valence-electron chi connectivity index (χ3n) is 3.63. The largest absolute Gasteiger partial charge is 0.478 e. The molecular formula is C18H15ClO8. The zero-order valence-corrected chi connectivity index (χ0v) is 14.9. The molecule has 0 aliphatic heterocycles. The minimum Gasteiger partial charge on any atom is -0.478 e. The Labute approximate surface area is 158 Å². The van der Waals surface area contributed by atoms with Gasteiger partial charge >= 0.3 is 23.9 Å². The fraction of sp³-hybridized carbons (Fsp3) is 0.111. The highest BCUT2D eigenvalue weighted by molar-refractivity contribution is 6.31. The van der Waals surface area contributed by atoms with Crippen LogP contribution >= 0.6 is 11.6 Å². The van der Waals surface area contributed by atoms with Gasteiger partial charge in [0.15, 0.2) is 0 Å². The van der Waals surface area contributed by atoms with E-state index in [4.69, 9.17) is 32.0 Å². The number of benzene rings is 2. The summed E-state index contributed by atoms with van der Waals surface area (Å²) < 4.78 is 0. The molecule has 27 heavy (non-hydrogen) atoms. The van der Waals surface area contributed by atoms with Gasteiger partial charge in [-0.3, -0.25) is 0 Å². The predicted molar refractivity (Wildman–Crippen MR) is 95.2 cm³/mol. The van der Waals surface area contributed by atoms with Gasteiger partial charge in [-0.15, -0.1) is 0 Å². The Morgan fingerprint density at radius 1 is 0.667 bits per heavy atom. The van der Waals surface area contributed by atoms with Gasteiger partial charge < -0.3 is 20.4 Å². The molecule has 0 radical (unpaired) electrons. The standard InChI is InChI=1S/C9H7ClO4.C9H8O4/c1-4-6(8(11)12)2-5(10)3-7(4)9(13)14;1-5-6(8(10)11)3-2-4-7(5)9(12)13/h2-3H,1H3,(H,11,12)(H,13,14);2-4H,1H3,(H,10,11)(H,12,13). The Bertz CT molecular complexity index is 866. The molecule has 0 atom stereocenters. The summed E-state index contributed by atoms with van der Waals surface area (Å²) in [4.78, 5) is 42.6. The number of aromatic carboxylic acids is 4. The Kier molecular flexibility index (Phi) is 7.07. The molecule has 0 aromatic heterocycles.